The largest absolute Gasteiger partial charge is 0.488 e. The molecule has 0 aromatic heterocycles. The van der Waals surface area contributed by atoms with E-state index in [0.29, 0.717) is 31.9 Å². The van der Waals surface area contributed by atoms with Gasteiger partial charge >= 0.3 is 0 Å². The van der Waals surface area contributed by atoms with Crippen LogP contribution in [0, 0.1) is 0 Å². The second-order valence-corrected chi connectivity index (χ2v) is 5.98. The van der Waals surface area contributed by atoms with Crippen LogP contribution in [0.3, 0.4) is 0 Å². The van der Waals surface area contributed by atoms with E-state index in [1.165, 1.54) is 6.21 Å². The Balaban J connectivity index is 1.80. The molecule has 0 aliphatic heterocycles. The van der Waals surface area contributed by atoms with Gasteiger partial charge in [0.1, 0.15) is 18.8 Å². The molecule has 2 N–H and O–H groups in total. The van der Waals surface area contributed by atoms with Gasteiger partial charge in [0, 0.05) is 25.8 Å². The smallest absolute Gasteiger partial charge is 0.249 e. The van der Waals surface area contributed by atoms with Gasteiger partial charge in [0.05, 0.1) is 6.21 Å². The maximum absolute atomic E-state index is 11.8. The molecule has 0 heterocycles. The Bertz CT molecular complexity index is 778. The third-order valence-corrected chi connectivity index (χ3v) is 3.72. The van der Waals surface area contributed by atoms with Gasteiger partial charge in [-0.2, -0.15) is 5.10 Å². The first kappa shape index (κ1) is 21.1. The van der Waals surface area contributed by atoms with Gasteiger partial charge in [-0.15, -0.1) is 0 Å². The van der Waals surface area contributed by atoms with Crippen molar-refractivity contribution in [2.24, 2.45) is 5.10 Å². The summed E-state index contributed by atoms with van der Waals surface area (Å²) in [5, 5.41) is 6.56. The highest BCUT2D eigenvalue weighted by Crippen LogP contribution is 2.17. The van der Waals surface area contributed by atoms with Crippen molar-refractivity contribution in [3.63, 3.8) is 0 Å². The molecular formula is C21H25N3O4. The van der Waals surface area contributed by atoms with Crippen LogP contribution in [0.4, 0.5) is 0 Å². The van der Waals surface area contributed by atoms with Gasteiger partial charge in [-0.25, -0.2) is 5.43 Å². The van der Waals surface area contributed by atoms with Crippen molar-refractivity contribution in [1.82, 2.24) is 10.7 Å². The molecule has 2 aromatic rings. The summed E-state index contributed by atoms with van der Waals surface area (Å²) in [6.45, 7) is 1.46. The van der Waals surface area contributed by atoms with Crippen LogP contribution in [0.1, 0.15) is 24.0 Å². The second-order valence-electron chi connectivity index (χ2n) is 5.98. The lowest BCUT2D eigenvalue weighted by Crippen LogP contribution is -2.30. The number of amides is 2. The molecule has 2 rings (SSSR count). The number of carbonyl (C=O) groups excluding carboxylic acids is 2. The van der Waals surface area contributed by atoms with Gasteiger partial charge < -0.3 is 14.8 Å². The first-order valence-electron chi connectivity index (χ1n) is 9.02. The van der Waals surface area contributed by atoms with Crippen LogP contribution >= 0.6 is 0 Å². The molecule has 0 saturated heterocycles. The molecule has 0 unspecified atom stereocenters. The predicted octanol–water partition coefficient (Wildman–Crippen LogP) is 2.26. The minimum atomic E-state index is -0.483. The summed E-state index contributed by atoms with van der Waals surface area (Å²) in [6, 6.07) is 17.2. The number of ether oxygens (including phenoxy) is 2. The SMILES string of the molecule is COCCCNC(=O)CC(=O)NN=Cc1ccccc1OCc1ccccc1. The Kier molecular flexibility index (Phi) is 9.23. The van der Waals surface area contributed by atoms with E-state index in [4.69, 9.17) is 9.47 Å². The molecule has 0 radical (unpaired) electrons. The zero-order chi connectivity index (χ0) is 20.0. The van der Waals surface area contributed by atoms with Crippen molar-refractivity contribution < 1.29 is 19.1 Å². The Hall–Kier alpha value is -3.19. The topological polar surface area (TPSA) is 89.0 Å². The van der Waals surface area contributed by atoms with E-state index in [1.54, 1.807) is 7.11 Å². The maximum Gasteiger partial charge on any atom is 0.249 e. The third kappa shape index (κ3) is 8.01. The number of benzene rings is 2. The minimum Gasteiger partial charge on any atom is -0.488 e. The lowest BCUT2D eigenvalue weighted by Gasteiger charge is -2.09. The van der Waals surface area contributed by atoms with E-state index >= 15 is 0 Å². The molecule has 7 nitrogen and oxygen atoms in total. The Labute approximate surface area is 164 Å². The average molecular weight is 383 g/mol. The number of para-hydroxylation sites is 1. The predicted molar refractivity (Wildman–Crippen MR) is 107 cm³/mol. The minimum absolute atomic E-state index is 0.281. The van der Waals surface area contributed by atoms with E-state index < -0.39 is 5.91 Å². The monoisotopic (exact) mass is 383 g/mol. The summed E-state index contributed by atoms with van der Waals surface area (Å²) in [6.07, 6.45) is 1.91. The summed E-state index contributed by atoms with van der Waals surface area (Å²) < 4.78 is 10.7. The number of hydrogen-bond donors (Lipinski definition) is 2. The molecule has 28 heavy (non-hydrogen) atoms. The first-order chi connectivity index (χ1) is 13.7. The molecule has 2 amide bonds. The summed E-state index contributed by atoms with van der Waals surface area (Å²) in [4.78, 5) is 23.4. The van der Waals surface area contributed by atoms with E-state index in [0.717, 1.165) is 11.1 Å². The van der Waals surface area contributed by atoms with Crippen molar-refractivity contribution in [3.8, 4) is 5.75 Å². The molecule has 148 valence electrons. The molecule has 0 bridgehead atoms. The number of carbonyl (C=O) groups is 2. The zero-order valence-corrected chi connectivity index (χ0v) is 15.9. The number of hydrogen-bond acceptors (Lipinski definition) is 5. The van der Waals surface area contributed by atoms with Crippen LogP contribution in [-0.2, 0) is 20.9 Å². The number of nitrogens with zero attached hydrogens (tertiary/aromatic N) is 1. The zero-order valence-electron chi connectivity index (χ0n) is 15.9. The Morgan fingerprint density at radius 3 is 2.57 bits per heavy atom. The second kappa shape index (κ2) is 12.2. The lowest BCUT2D eigenvalue weighted by molar-refractivity contribution is -0.129. The van der Waals surface area contributed by atoms with Crippen LogP contribution in [0.2, 0.25) is 0 Å². The van der Waals surface area contributed by atoms with Crippen molar-refractivity contribution in [1.29, 1.82) is 0 Å². The van der Waals surface area contributed by atoms with Crippen LogP contribution in [0.5, 0.6) is 5.75 Å². The number of hydrazone groups is 1. The summed E-state index contributed by atoms with van der Waals surface area (Å²) in [7, 11) is 1.60. The lowest BCUT2D eigenvalue weighted by atomic mass is 10.2. The van der Waals surface area contributed by atoms with Crippen LogP contribution in [0.15, 0.2) is 59.7 Å². The van der Waals surface area contributed by atoms with Gasteiger partial charge in [0.15, 0.2) is 0 Å². The number of nitrogens with one attached hydrogen (secondary N) is 2. The van der Waals surface area contributed by atoms with Gasteiger partial charge in [-0.3, -0.25) is 9.59 Å². The van der Waals surface area contributed by atoms with Crippen LogP contribution in [0.25, 0.3) is 0 Å². The van der Waals surface area contributed by atoms with E-state index in [2.05, 4.69) is 15.8 Å². The fourth-order valence-corrected chi connectivity index (χ4v) is 2.32. The first-order valence-corrected chi connectivity index (χ1v) is 9.02. The standard InChI is InChI=1S/C21H25N3O4/c1-27-13-7-12-22-20(25)14-21(26)24-23-15-18-10-5-6-11-19(18)28-16-17-8-3-2-4-9-17/h2-6,8-11,15H,7,12-14,16H2,1H3,(H,22,25)(H,24,26). The quantitative estimate of drug-likeness (QED) is 0.270. The van der Waals surface area contributed by atoms with E-state index in [-0.39, 0.29) is 12.3 Å². The molecule has 0 aliphatic rings. The number of rotatable bonds is 11. The normalized spacial score (nSPS) is 10.6. The van der Waals surface area contributed by atoms with Crippen molar-refractivity contribution in [3.05, 3.63) is 65.7 Å². The number of methoxy groups -OCH3 is 1. The fraction of sp³-hybridized carbons (Fsp3) is 0.286. The highest BCUT2D eigenvalue weighted by molar-refractivity contribution is 5.97. The Morgan fingerprint density at radius 1 is 1.04 bits per heavy atom. The molecular weight excluding hydrogens is 358 g/mol. The van der Waals surface area contributed by atoms with Gasteiger partial charge in [-0.05, 0) is 24.1 Å². The van der Waals surface area contributed by atoms with Crippen LogP contribution < -0.4 is 15.5 Å². The molecule has 0 spiro atoms. The molecule has 0 atom stereocenters. The van der Waals surface area contributed by atoms with Gasteiger partial charge in [0.25, 0.3) is 0 Å². The molecule has 7 heteroatoms. The molecule has 2 aromatic carbocycles. The van der Waals surface area contributed by atoms with Crippen molar-refractivity contribution in [2.45, 2.75) is 19.4 Å². The highest BCUT2D eigenvalue weighted by atomic mass is 16.5. The van der Waals surface area contributed by atoms with Gasteiger partial charge in [0.2, 0.25) is 11.8 Å². The fourth-order valence-electron chi connectivity index (χ4n) is 2.32. The average Bonchev–Trinajstić information content (AvgIpc) is 2.71. The third-order valence-electron chi connectivity index (χ3n) is 3.72. The van der Waals surface area contributed by atoms with E-state index in [9.17, 15) is 9.59 Å². The molecule has 0 saturated carbocycles. The van der Waals surface area contributed by atoms with E-state index in [1.807, 2.05) is 54.6 Å². The van der Waals surface area contributed by atoms with Crippen LogP contribution in [-0.4, -0.2) is 38.3 Å². The maximum atomic E-state index is 11.8. The van der Waals surface area contributed by atoms with Gasteiger partial charge in [-0.1, -0.05) is 42.5 Å². The van der Waals surface area contributed by atoms with Crippen molar-refractivity contribution in [2.75, 3.05) is 20.3 Å². The molecule has 0 fully saturated rings. The summed E-state index contributed by atoms with van der Waals surface area (Å²) in [5.74, 6) is -0.182. The molecule has 0 aliphatic carbocycles. The summed E-state index contributed by atoms with van der Waals surface area (Å²) >= 11 is 0. The summed E-state index contributed by atoms with van der Waals surface area (Å²) in [5.41, 5.74) is 4.13. The van der Waals surface area contributed by atoms with Crippen molar-refractivity contribution >= 4 is 18.0 Å². The highest BCUT2D eigenvalue weighted by Gasteiger charge is 2.08. The Morgan fingerprint density at radius 2 is 1.79 bits per heavy atom.